The van der Waals surface area contributed by atoms with Gasteiger partial charge in [0.05, 0.1) is 18.2 Å². The van der Waals surface area contributed by atoms with Gasteiger partial charge in [0.15, 0.2) is 23.1 Å². The molecule has 0 bridgehead atoms. The van der Waals surface area contributed by atoms with Crippen LogP contribution in [0.25, 0.3) is 28.2 Å². The van der Waals surface area contributed by atoms with Gasteiger partial charge in [-0.3, -0.25) is 4.57 Å². The Morgan fingerprint density at radius 1 is 1.03 bits per heavy atom. The van der Waals surface area contributed by atoms with Crippen LogP contribution in [0.1, 0.15) is 12.8 Å². The lowest BCUT2D eigenvalue weighted by Gasteiger charge is -2.33. The zero-order valence-electron chi connectivity index (χ0n) is 19.8. The van der Waals surface area contributed by atoms with E-state index in [-0.39, 0.29) is 18.2 Å². The summed E-state index contributed by atoms with van der Waals surface area (Å²) in [6.45, 7) is 2.35. The molecule has 2 fully saturated rings. The van der Waals surface area contributed by atoms with E-state index in [1.165, 1.54) is 0 Å². The van der Waals surface area contributed by atoms with Gasteiger partial charge >= 0.3 is 6.09 Å². The smallest absolute Gasteiger partial charge is 0.407 e. The van der Waals surface area contributed by atoms with E-state index in [1.807, 2.05) is 53.1 Å². The molecule has 0 saturated carbocycles. The highest BCUT2D eigenvalue weighted by Gasteiger charge is 2.28. The van der Waals surface area contributed by atoms with E-state index < -0.39 is 0 Å². The van der Waals surface area contributed by atoms with Crippen molar-refractivity contribution >= 4 is 46.3 Å². The topological polar surface area (TPSA) is 94.4 Å². The number of hydrogen-bond acceptors (Lipinski definition) is 7. The lowest BCUT2D eigenvalue weighted by molar-refractivity contribution is -0.0984. The molecule has 0 spiro atoms. The van der Waals surface area contributed by atoms with Gasteiger partial charge in [-0.25, -0.2) is 19.7 Å². The molecule has 2 aromatic heterocycles. The molecule has 1 amide bonds. The van der Waals surface area contributed by atoms with Gasteiger partial charge in [0, 0.05) is 35.4 Å². The van der Waals surface area contributed by atoms with Crippen molar-refractivity contribution in [2.75, 3.05) is 31.2 Å². The summed E-state index contributed by atoms with van der Waals surface area (Å²) in [5, 5.41) is 4.21. The van der Waals surface area contributed by atoms with Crippen LogP contribution < -0.4 is 10.2 Å². The van der Waals surface area contributed by atoms with E-state index in [1.54, 1.807) is 6.33 Å². The van der Waals surface area contributed by atoms with Crippen molar-refractivity contribution in [3.05, 3.63) is 64.9 Å². The number of anilines is 1. The number of halogens is 2. The Morgan fingerprint density at radius 2 is 1.78 bits per heavy atom. The van der Waals surface area contributed by atoms with Crippen LogP contribution in [0.5, 0.6) is 0 Å². The minimum absolute atomic E-state index is 0.0346. The van der Waals surface area contributed by atoms with E-state index in [0.717, 1.165) is 29.9 Å². The fourth-order valence-electron chi connectivity index (χ4n) is 4.64. The number of fused-ring (bicyclic) bond motifs is 1. The molecule has 2 aliphatic rings. The van der Waals surface area contributed by atoms with E-state index in [2.05, 4.69) is 20.2 Å². The third kappa shape index (κ3) is 4.82. The van der Waals surface area contributed by atoms with Crippen LogP contribution in [0.4, 0.5) is 10.6 Å². The molecule has 2 saturated heterocycles. The van der Waals surface area contributed by atoms with Crippen molar-refractivity contribution in [1.29, 1.82) is 0 Å². The summed E-state index contributed by atoms with van der Waals surface area (Å²) in [5.74, 6) is 1.42. The van der Waals surface area contributed by atoms with Gasteiger partial charge in [-0.15, -0.1) is 0 Å². The van der Waals surface area contributed by atoms with E-state index in [9.17, 15) is 4.79 Å². The number of nitrogens with one attached hydrogen (secondary N) is 1. The van der Waals surface area contributed by atoms with Crippen molar-refractivity contribution in [2.24, 2.45) is 0 Å². The molecule has 37 heavy (non-hydrogen) atoms. The third-order valence-electron chi connectivity index (χ3n) is 6.62. The first-order valence-corrected chi connectivity index (χ1v) is 12.9. The molecule has 0 atom stereocenters. The average Bonchev–Trinajstić information content (AvgIpc) is 3.27. The Labute approximate surface area is 223 Å². The number of alkyl carbamates (subject to hydrolysis) is 1. The fraction of sp³-hybridized carbons (Fsp3) is 0.308. The lowest BCUT2D eigenvalue weighted by Crippen LogP contribution is -2.47. The lowest BCUT2D eigenvalue weighted by atomic mass is 10.1. The Kier molecular flexibility index (Phi) is 6.58. The maximum atomic E-state index is 12.1. The molecule has 11 heteroatoms. The van der Waals surface area contributed by atoms with Crippen molar-refractivity contribution in [1.82, 2.24) is 24.8 Å². The second kappa shape index (κ2) is 10.2. The summed E-state index contributed by atoms with van der Waals surface area (Å²) in [7, 11) is 0. The van der Waals surface area contributed by atoms with Crippen LogP contribution in [-0.2, 0) is 9.47 Å². The molecule has 2 aromatic carbocycles. The molecular weight excluding hydrogens is 515 g/mol. The zero-order chi connectivity index (χ0) is 25.4. The third-order valence-corrected chi connectivity index (χ3v) is 7.20. The number of benzene rings is 2. The van der Waals surface area contributed by atoms with Crippen LogP contribution in [0, 0.1) is 0 Å². The van der Waals surface area contributed by atoms with Gasteiger partial charge in [-0.1, -0.05) is 35.3 Å². The van der Waals surface area contributed by atoms with Gasteiger partial charge in [-0.05, 0) is 49.2 Å². The second-order valence-corrected chi connectivity index (χ2v) is 9.91. The molecule has 0 unspecified atom stereocenters. The standard InChI is InChI=1S/C26H24Cl2N6O3/c27-16-5-7-18(8-6-16)34-23(20-3-1-2-4-21(20)28)32-22-24(29-15-30-25(22)34)33-11-9-17(10-12-33)31-26(35)37-19-13-36-14-19/h1-8,15,17,19H,9-14H2,(H,31,35). The van der Waals surface area contributed by atoms with Crippen LogP contribution >= 0.6 is 23.2 Å². The zero-order valence-corrected chi connectivity index (χ0v) is 21.3. The van der Waals surface area contributed by atoms with E-state index >= 15 is 0 Å². The summed E-state index contributed by atoms with van der Waals surface area (Å²) >= 11 is 12.7. The molecule has 4 aromatic rings. The number of piperidine rings is 1. The molecule has 1 N–H and O–H groups in total. The number of aromatic nitrogens is 4. The highest BCUT2D eigenvalue weighted by molar-refractivity contribution is 6.33. The molecule has 0 radical (unpaired) electrons. The van der Waals surface area contributed by atoms with Crippen molar-refractivity contribution in [3.63, 3.8) is 0 Å². The highest BCUT2D eigenvalue weighted by atomic mass is 35.5. The average molecular weight is 539 g/mol. The predicted molar refractivity (Wildman–Crippen MR) is 142 cm³/mol. The highest BCUT2D eigenvalue weighted by Crippen LogP contribution is 2.35. The van der Waals surface area contributed by atoms with Crippen LogP contribution in [0.3, 0.4) is 0 Å². The van der Waals surface area contributed by atoms with Gasteiger partial charge in [0.2, 0.25) is 0 Å². The summed E-state index contributed by atoms with van der Waals surface area (Å²) in [5.41, 5.74) is 3.02. The first-order chi connectivity index (χ1) is 18.1. The maximum Gasteiger partial charge on any atom is 0.407 e. The van der Waals surface area contributed by atoms with Gasteiger partial charge in [0.25, 0.3) is 0 Å². The Balaban J connectivity index is 1.31. The number of carbonyl (C=O) groups excluding carboxylic acids is 1. The molecule has 2 aliphatic heterocycles. The predicted octanol–water partition coefficient (Wildman–Crippen LogP) is 4.88. The van der Waals surface area contributed by atoms with Gasteiger partial charge in [0.1, 0.15) is 12.2 Å². The number of amides is 1. The Hall–Kier alpha value is -3.40. The summed E-state index contributed by atoms with van der Waals surface area (Å²) < 4.78 is 12.4. The summed E-state index contributed by atoms with van der Waals surface area (Å²) in [6.07, 6.45) is 2.55. The summed E-state index contributed by atoms with van der Waals surface area (Å²) in [6, 6.07) is 15.2. The van der Waals surface area contributed by atoms with Crippen molar-refractivity contribution < 1.29 is 14.3 Å². The number of imidazole rings is 1. The quantitative estimate of drug-likeness (QED) is 0.386. The minimum Gasteiger partial charge on any atom is -0.441 e. The van der Waals surface area contributed by atoms with Crippen LogP contribution in [0.2, 0.25) is 10.0 Å². The maximum absolute atomic E-state index is 12.1. The Bertz CT molecular complexity index is 1430. The first kappa shape index (κ1) is 24.0. The number of carbonyl (C=O) groups is 1. The minimum atomic E-state index is -0.387. The summed E-state index contributed by atoms with van der Waals surface area (Å²) in [4.78, 5) is 28.6. The number of hydrogen-bond donors (Lipinski definition) is 1. The van der Waals surface area contributed by atoms with Crippen LogP contribution in [0.15, 0.2) is 54.9 Å². The fourth-order valence-corrected chi connectivity index (χ4v) is 4.99. The largest absolute Gasteiger partial charge is 0.441 e. The molecule has 4 heterocycles. The normalized spacial score (nSPS) is 16.5. The van der Waals surface area contributed by atoms with E-state index in [0.29, 0.717) is 53.3 Å². The van der Waals surface area contributed by atoms with Gasteiger partial charge in [-0.2, -0.15) is 0 Å². The van der Waals surface area contributed by atoms with Crippen molar-refractivity contribution in [3.8, 4) is 17.1 Å². The second-order valence-electron chi connectivity index (χ2n) is 9.07. The SMILES string of the molecule is O=C(NC1CCN(c2ncnc3c2nc(-c2ccccc2Cl)n3-c2ccc(Cl)cc2)CC1)OC1COC1. The van der Waals surface area contributed by atoms with Crippen molar-refractivity contribution in [2.45, 2.75) is 25.0 Å². The molecule has 190 valence electrons. The number of rotatable bonds is 5. The van der Waals surface area contributed by atoms with E-state index in [4.69, 9.17) is 37.7 Å². The molecule has 6 rings (SSSR count). The molecule has 9 nitrogen and oxygen atoms in total. The van der Waals surface area contributed by atoms with Crippen LogP contribution in [-0.4, -0.2) is 64.1 Å². The number of nitrogens with zero attached hydrogens (tertiary/aromatic N) is 5. The Morgan fingerprint density at radius 3 is 2.49 bits per heavy atom. The van der Waals surface area contributed by atoms with Gasteiger partial charge < -0.3 is 19.7 Å². The molecule has 0 aliphatic carbocycles. The molecular formula is C26H24Cl2N6O3. The number of ether oxygens (including phenoxy) is 2. The first-order valence-electron chi connectivity index (χ1n) is 12.1. The monoisotopic (exact) mass is 538 g/mol.